The Labute approximate surface area is 120 Å². The summed E-state index contributed by atoms with van der Waals surface area (Å²) < 4.78 is 37.9. The molecule has 0 unspecified atom stereocenters. The molecule has 1 aliphatic heterocycles. The second-order valence-electron chi connectivity index (χ2n) is 5.49. The number of alkyl halides is 3. The molecule has 8 heteroatoms. The molecule has 1 aliphatic rings. The molecule has 1 saturated heterocycles. The van der Waals surface area contributed by atoms with E-state index in [1.54, 1.807) is 4.90 Å². The molecular weight excluding hydrogens is 287 g/mol. The van der Waals surface area contributed by atoms with Crippen molar-refractivity contribution in [3.63, 3.8) is 0 Å². The molecule has 21 heavy (non-hydrogen) atoms. The van der Waals surface area contributed by atoms with Gasteiger partial charge >= 0.3 is 6.18 Å². The number of halogens is 3. The van der Waals surface area contributed by atoms with Gasteiger partial charge in [-0.2, -0.15) is 13.2 Å². The van der Waals surface area contributed by atoms with Crippen LogP contribution in [0.2, 0.25) is 0 Å². The summed E-state index contributed by atoms with van der Waals surface area (Å²) in [6, 6.07) is 2.68. The van der Waals surface area contributed by atoms with Gasteiger partial charge in [-0.05, 0) is 26.2 Å². The highest BCUT2D eigenvalue weighted by Gasteiger charge is 2.36. The molecule has 2 rings (SSSR count). The summed E-state index contributed by atoms with van der Waals surface area (Å²) in [5, 5.41) is 11.0. The molecule has 116 valence electrons. The van der Waals surface area contributed by atoms with E-state index in [2.05, 4.69) is 0 Å². The van der Waals surface area contributed by atoms with Crippen LogP contribution < -0.4 is 4.90 Å². The lowest BCUT2D eigenvalue weighted by atomic mass is 9.98. The molecule has 0 radical (unpaired) electrons. The highest BCUT2D eigenvalue weighted by molar-refractivity contribution is 5.66. The molecule has 0 amide bonds. The van der Waals surface area contributed by atoms with E-state index in [4.69, 9.17) is 0 Å². The maximum absolute atomic E-state index is 12.6. The molecule has 5 nitrogen and oxygen atoms in total. The van der Waals surface area contributed by atoms with Crippen molar-refractivity contribution < 1.29 is 18.1 Å². The van der Waals surface area contributed by atoms with Crippen LogP contribution in [0.5, 0.6) is 0 Å². The van der Waals surface area contributed by atoms with E-state index in [0.29, 0.717) is 25.1 Å². The number of hydrogen-bond donors (Lipinski definition) is 0. The molecule has 0 aliphatic carbocycles. The SMILES string of the molecule is CN(C)CC1CN(c2ccc(C(F)(F)F)cc2[N+](=O)[O-])C1. The van der Waals surface area contributed by atoms with Crippen molar-refractivity contribution in [2.45, 2.75) is 6.18 Å². The second kappa shape index (κ2) is 5.51. The third-order valence-electron chi connectivity index (χ3n) is 3.42. The molecule has 1 fully saturated rings. The zero-order valence-electron chi connectivity index (χ0n) is 11.7. The maximum atomic E-state index is 12.6. The van der Waals surface area contributed by atoms with Crippen LogP contribution in [0.4, 0.5) is 24.5 Å². The van der Waals surface area contributed by atoms with Crippen molar-refractivity contribution in [2.75, 3.05) is 38.6 Å². The monoisotopic (exact) mass is 303 g/mol. The van der Waals surface area contributed by atoms with E-state index < -0.39 is 22.4 Å². The molecule has 0 bridgehead atoms. The maximum Gasteiger partial charge on any atom is 0.416 e. The van der Waals surface area contributed by atoms with Gasteiger partial charge in [0.05, 0.1) is 10.5 Å². The Hall–Kier alpha value is -1.83. The summed E-state index contributed by atoms with van der Waals surface area (Å²) in [5.41, 5.74) is -1.24. The van der Waals surface area contributed by atoms with E-state index in [9.17, 15) is 23.3 Å². The number of hydrogen-bond acceptors (Lipinski definition) is 4. The first-order chi connectivity index (χ1) is 9.68. The predicted molar refractivity (Wildman–Crippen MR) is 72.4 cm³/mol. The molecule has 0 aromatic heterocycles. The van der Waals surface area contributed by atoms with E-state index in [0.717, 1.165) is 12.6 Å². The van der Waals surface area contributed by atoms with Gasteiger partial charge in [-0.1, -0.05) is 0 Å². The van der Waals surface area contributed by atoms with Gasteiger partial charge in [-0.15, -0.1) is 0 Å². The number of anilines is 1. The zero-order chi connectivity index (χ0) is 15.8. The average Bonchev–Trinajstić information content (AvgIpc) is 2.31. The number of nitro benzene ring substituents is 1. The number of nitrogens with zero attached hydrogens (tertiary/aromatic N) is 3. The van der Waals surface area contributed by atoms with Crippen molar-refractivity contribution in [1.29, 1.82) is 0 Å². The van der Waals surface area contributed by atoms with Gasteiger partial charge in [0.2, 0.25) is 0 Å². The zero-order valence-corrected chi connectivity index (χ0v) is 11.7. The lowest BCUT2D eigenvalue weighted by Gasteiger charge is -2.41. The van der Waals surface area contributed by atoms with Gasteiger partial charge in [0, 0.05) is 31.6 Å². The van der Waals surface area contributed by atoms with Crippen LogP contribution in [0.15, 0.2) is 18.2 Å². The molecule has 0 N–H and O–H groups in total. The molecule has 1 aromatic carbocycles. The van der Waals surface area contributed by atoms with Crippen LogP contribution in [-0.2, 0) is 6.18 Å². The van der Waals surface area contributed by atoms with Crippen molar-refractivity contribution in [3.05, 3.63) is 33.9 Å². The smallest absolute Gasteiger partial charge is 0.365 e. The Morgan fingerprint density at radius 1 is 1.38 bits per heavy atom. The topological polar surface area (TPSA) is 49.6 Å². The summed E-state index contributed by atoms with van der Waals surface area (Å²) in [4.78, 5) is 14.0. The van der Waals surface area contributed by atoms with Crippen LogP contribution in [0.1, 0.15) is 5.56 Å². The first-order valence-corrected chi connectivity index (χ1v) is 6.44. The Kier molecular flexibility index (Phi) is 4.08. The fraction of sp³-hybridized carbons (Fsp3) is 0.538. The minimum atomic E-state index is -4.58. The van der Waals surface area contributed by atoms with Crippen molar-refractivity contribution in [3.8, 4) is 0 Å². The average molecular weight is 303 g/mol. The minimum absolute atomic E-state index is 0.253. The number of nitro groups is 1. The highest BCUT2D eigenvalue weighted by atomic mass is 19.4. The quantitative estimate of drug-likeness (QED) is 0.634. The van der Waals surface area contributed by atoms with Crippen LogP contribution in [-0.4, -0.2) is 43.6 Å². The summed E-state index contributed by atoms with van der Waals surface area (Å²) in [7, 11) is 3.87. The lowest BCUT2D eigenvalue weighted by molar-refractivity contribution is -0.384. The Morgan fingerprint density at radius 2 is 2.00 bits per heavy atom. The second-order valence-corrected chi connectivity index (χ2v) is 5.49. The van der Waals surface area contributed by atoms with Crippen LogP contribution >= 0.6 is 0 Å². The van der Waals surface area contributed by atoms with Gasteiger partial charge in [-0.25, -0.2) is 0 Å². The third-order valence-corrected chi connectivity index (χ3v) is 3.42. The van der Waals surface area contributed by atoms with E-state index >= 15 is 0 Å². The van der Waals surface area contributed by atoms with Gasteiger partial charge in [0.1, 0.15) is 5.69 Å². The van der Waals surface area contributed by atoms with Gasteiger partial charge < -0.3 is 9.80 Å². The molecule has 1 heterocycles. The van der Waals surface area contributed by atoms with E-state index in [1.807, 2.05) is 19.0 Å². The summed E-state index contributed by atoms with van der Waals surface area (Å²) in [5.74, 6) is 0.377. The predicted octanol–water partition coefficient (Wildman–Crippen LogP) is 2.61. The first-order valence-electron chi connectivity index (χ1n) is 6.44. The third kappa shape index (κ3) is 3.44. The van der Waals surface area contributed by atoms with E-state index in [-0.39, 0.29) is 5.69 Å². The molecular formula is C13H16F3N3O2. The number of rotatable bonds is 4. The molecule has 1 aromatic rings. The normalized spacial score (nSPS) is 16.2. The van der Waals surface area contributed by atoms with E-state index in [1.165, 1.54) is 6.07 Å². The largest absolute Gasteiger partial charge is 0.416 e. The fourth-order valence-electron chi connectivity index (χ4n) is 2.51. The first kappa shape index (κ1) is 15.6. The highest BCUT2D eigenvalue weighted by Crippen LogP contribution is 2.38. The van der Waals surface area contributed by atoms with Gasteiger partial charge in [0.15, 0.2) is 0 Å². The Balaban J connectivity index is 2.20. The summed E-state index contributed by atoms with van der Waals surface area (Å²) in [6.07, 6.45) is -4.58. The van der Waals surface area contributed by atoms with Crippen molar-refractivity contribution >= 4 is 11.4 Å². The molecule has 0 atom stereocenters. The Morgan fingerprint density at radius 3 is 2.48 bits per heavy atom. The lowest BCUT2D eigenvalue weighted by Crippen LogP contribution is -2.50. The van der Waals surface area contributed by atoms with Gasteiger partial charge in [-0.3, -0.25) is 10.1 Å². The van der Waals surface area contributed by atoms with Crippen LogP contribution in [0.25, 0.3) is 0 Å². The summed E-state index contributed by atoms with van der Waals surface area (Å²) >= 11 is 0. The fourth-order valence-corrected chi connectivity index (χ4v) is 2.51. The Bertz CT molecular complexity index is 540. The standard InChI is InChI=1S/C13H16F3N3O2/c1-17(2)6-9-7-18(8-9)11-4-3-10(13(14,15)16)5-12(11)19(20)21/h3-5,9H,6-8H2,1-2H3. The minimum Gasteiger partial charge on any atom is -0.365 e. The van der Waals surface area contributed by atoms with Gasteiger partial charge in [0.25, 0.3) is 5.69 Å². The van der Waals surface area contributed by atoms with Crippen molar-refractivity contribution in [2.24, 2.45) is 5.92 Å². The molecule has 0 spiro atoms. The van der Waals surface area contributed by atoms with Crippen LogP contribution in [0.3, 0.4) is 0 Å². The van der Waals surface area contributed by atoms with Crippen molar-refractivity contribution in [1.82, 2.24) is 4.90 Å². The molecule has 0 saturated carbocycles. The number of benzene rings is 1. The van der Waals surface area contributed by atoms with Crippen LogP contribution in [0, 0.1) is 16.0 Å². The summed E-state index contributed by atoms with van der Waals surface area (Å²) in [6.45, 7) is 2.08.